The van der Waals surface area contributed by atoms with Crippen LogP contribution in [0.15, 0.2) is 0 Å². The number of aliphatic hydroxyl groups excluding tert-OH is 1. The Bertz CT molecular complexity index is 258. The summed E-state index contributed by atoms with van der Waals surface area (Å²) in [7, 11) is 0. The van der Waals surface area contributed by atoms with Crippen LogP contribution in [0.5, 0.6) is 0 Å². The average molecular weight is 225 g/mol. The lowest BCUT2D eigenvalue weighted by molar-refractivity contribution is -0.123. The van der Waals surface area contributed by atoms with Crippen LogP contribution in [0.1, 0.15) is 25.7 Å². The van der Waals surface area contributed by atoms with Gasteiger partial charge in [0.2, 0.25) is 5.91 Å². The SMILES string of the molecule is N#CCCNC(=O)CN(CCO)C1CCC1. The maximum atomic E-state index is 11.5. The van der Waals surface area contributed by atoms with Crippen LogP contribution >= 0.6 is 0 Å². The van der Waals surface area contributed by atoms with Crippen LogP contribution in [0.2, 0.25) is 0 Å². The summed E-state index contributed by atoms with van der Waals surface area (Å²) in [4.78, 5) is 13.5. The lowest BCUT2D eigenvalue weighted by atomic mass is 9.91. The minimum absolute atomic E-state index is 0.0596. The van der Waals surface area contributed by atoms with Crippen LogP contribution in [0, 0.1) is 11.3 Å². The Balaban J connectivity index is 2.24. The summed E-state index contributed by atoms with van der Waals surface area (Å²) in [6.07, 6.45) is 3.79. The number of amides is 1. The van der Waals surface area contributed by atoms with E-state index in [4.69, 9.17) is 10.4 Å². The summed E-state index contributed by atoms with van der Waals surface area (Å²) in [6.45, 7) is 1.38. The van der Waals surface area contributed by atoms with E-state index in [-0.39, 0.29) is 12.5 Å². The number of nitrogens with one attached hydrogen (secondary N) is 1. The summed E-state index contributed by atoms with van der Waals surface area (Å²) in [5.74, 6) is -0.0596. The second-order valence-corrected chi connectivity index (χ2v) is 4.04. The van der Waals surface area contributed by atoms with Gasteiger partial charge in [0.05, 0.1) is 25.6 Å². The van der Waals surface area contributed by atoms with E-state index in [9.17, 15) is 4.79 Å². The van der Waals surface area contributed by atoms with Gasteiger partial charge in [-0.25, -0.2) is 0 Å². The molecular weight excluding hydrogens is 206 g/mol. The summed E-state index contributed by atoms with van der Waals surface area (Å²) >= 11 is 0. The van der Waals surface area contributed by atoms with Crippen molar-refractivity contribution in [2.75, 3.05) is 26.2 Å². The van der Waals surface area contributed by atoms with E-state index in [1.165, 1.54) is 6.42 Å². The molecule has 0 radical (unpaired) electrons. The second-order valence-electron chi connectivity index (χ2n) is 4.04. The molecule has 2 N–H and O–H groups in total. The Labute approximate surface area is 96.0 Å². The summed E-state index contributed by atoms with van der Waals surface area (Å²) < 4.78 is 0. The molecule has 0 aromatic carbocycles. The van der Waals surface area contributed by atoms with Crippen molar-refractivity contribution in [2.45, 2.75) is 31.7 Å². The molecule has 16 heavy (non-hydrogen) atoms. The van der Waals surface area contributed by atoms with Gasteiger partial charge in [-0.1, -0.05) is 6.42 Å². The van der Waals surface area contributed by atoms with Gasteiger partial charge in [-0.05, 0) is 12.8 Å². The minimum atomic E-state index is -0.0596. The number of carbonyl (C=O) groups is 1. The highest BCUT2D eigenvalue weighted by Gasteiger charge is 2.25. The molecule has 1 saturated carbocycles. The van der Waals surface area contributed by atoms with Gasteiger partial charge < -0.3 is 10.4 Å². The van der Waals surface area contributed by atoms with E-state index in [0.717, 1.165) is 12.8 Å². The minimum Gasteiger partial charge on any atom is -0.395 e. The molecule has 0 bridgehead atoms. The van der Waals surface area contributed by atoms with Crippen LogP contribution in [0.25, 0.3) is 0 Å². The highest BCUT2D eigenvalue weighted by molar-refractivity contribution is 5.78. The van der Waals surface area contributed by atoms with Gasteiger partial charge in [-0.15, -0.1) is 0 Å². The van der Waals surface area contributed by atoms with E-state index in [2.05, 4.69) is 5.32 Å². The molecule has 0 atom stereocenters. The fourth-order valence-electron chi connectivity index (χ4n) is 1.77. The fourth-order valence-corrected chi connectivity index (χ4v) is 1.77. The molecule has 1 aliphatic rings. The summed E-state index contributed by atoms with van der Waals surface area (Å²) in [5, 5.41) is 19.9. The monoisotopic (exact) mass is 225 g/mol. The first kappa shape index (κ1) is 12.9. The molecule has 90 valence electrons. The molecule has 1 aliphatic carbocycles. The lowest BCUT2D eigenvalue weighted by Crippen LogP contribution is -2.47. The lowest BCUT2D eigenvalue weighted by Gasteiger charge is -2.36. The van der Waals surface area contributed by atoms with Gasteiger partial charge in [0, 0.05) is 19.1 Å². The molecule has 1 rings (SSSR count). The third-order valence-corrected chi connectivity index (χ3v) is 2.88. The first-order chi connectivity index (χ1) is 7.77. The zero-order valence-electron chi connectivity index (χ0n) is 9.48. The molecule has 5 heteroatoms. The molecule has 0 heterocycles. The summed E-state index contributed by atoms with van der Waals surface area (Å²) in [5.41, 5.74) is 0. The molecule has 0 spiro atoms. The molecule has 0 aliphatic heterocycles. The Morgan fingerprint density at radius 2 is 2.31 bits per heavy atom. The Morgan fingerprint density at radius 1 is 1.56 bits per heavy atom. The predicted molar refractivity (Wildman–Crippen MR) is 59.5 cm³/mol. The van der Waals surface area contributed by atoms with Gasteiger partial charge in [0.15, 0.2) is 0 Å². The first-order valence-corrected chi connectivity index (χ1v) is 5.76. The molecule has 1 amide bonds. The van der Waals surface area contributed by atoms with Gasteiger partial charge in [-0.3, -0.25) is 9.69 Å². The third-order valence-electron chi connectivity index (χ3n) is 2.88. The van der Waals surface area contributed by atoms with Crippen molar-refractivity contribution in [1.82, 2.24) is 10.2 Å². The maximum Gasteiger partial charge on any atom is 0.234 e. The van der Waals surface area contributed by atoms with Crippen LogP contribution in [-0.2, 0) is 4.79 Å². The number of carbonyl (C=O) groups excluding carboxylic acids is 1. The van der Waals surface area contributed by atoms with Crippen molar-refractivity contribution >= 4 is 5.91 Å². The smallest absolute Gasteiger partial charge is 0.234 e. The second kappa shape index (κ2) is 7.20. The van der Waals surface area contributed by atoms with Crippen molar-refractivity contribution in [3.8, 4) is 6.07 Å². The maximum absolute atomic E-state index is 11.5. The standard InChI is InChI=1S/C11H19N3O2/c12-5-2-6-13-11(16)9-14(7-8-15)10-3-1-4-10/h10,15H,1-4,6-9H2,(H,13,16). The van der Waals surface area contributed by atoms with Crippen LogP contribution in [0.4, 0.5) is 0 Å². The van der Waals surface area contributed by atoms with Crippen LogP contribution < -0.4 is 5.32 Å². The highest BCUT2D eigenvalue weighted by atomic mass is 16.3. The number of hydrogen-bond donors (Lipinski definition) is 2. The van der Waals surface area contributed by atoms with E-state index in [1.807, 2.05) is 11.0 Å². The van der Waals surface area contributed by atoms with E-state index >= 15 is 0 Å². The highest BCUT2D eigenvalue weighted by Crippen LogP contribution is 2.24. The average Bonchev–Trinajstić information content (AvgIpc) is 2.15. The zero-order valence-corrected chi connectivity index (χ0v) is 9.48. The first-order valence-electron chi connectivity index (χ1n) is 5.76. The number of hydrogen-bond acceptors (Lipinski definition) is 4. The number of nitrogens with zero attached hydrogens (tertiary/aromatic N) is 2. The van der Waals surface area contributed by atoms with Crippen molar-refractivity contribution in [1.29, 1.82) is 5.26 Å². The largest absolute Gasteiger partial charge is 0.395 e. The molecule has 0 aromatic rings. The topological polar surface area (TPSA) is 76.4 Å². The van der Waals surface area contributed by atoms with Gasteiger partial charge in [0.25, 0.3) is 0 Å². The van der Waals surface area contributed by atoms with Crippen molar-refractivity contribution < 1.29 is 9.90 Å². The Kier molecular flexibility index (Phi) is 5.83. The molecule has 0 unspecified atom stereocenters. The third kappa shape index (κ3) is 4.17. The van der Waals surface area contributed by atoms with Gasteiger partial charge in [0.1, 0.15) is 0 Å². The zero-order chi connectivity index (χ0) is 11.8. The Morgan fingerprint density at radius 3 is 2.81 bits per heavy atom. The molecule has 0 aromatic heterocycles. The predicted octanol–water partition coefficient (Wildman–Crippen LogP) is -0.137. The van der Waals surface area contributed by atoms with Gasteiger partial charge >= 0.3 is 0 Å². The van der Waals surface area contributed by atoms with Gasteiger partial charge in [-0.2, -0.15) is 5.26 Å². The Hall–Kier alpha value is -1.12. The van der Waals surface area contributed by atoms with Crippen molar-refractivity contribution in [2.24, 2.45) is 0 Å². The molecule has 0 saturated heterocycles. The normalized spacial score (nSPS) is 15.6. The van der Waals surface area contributed by atoms with E-state index < -0.39 is 0 Å². The number of rotatable bonds is 7. The van der Waals surface area contributed by atoms with E-state index in [0.29, 0.717) is 32.1 Å². The van der Waals surface area contributed by atoms with Crippen LogP contribution in [-0.4, -0.2) is 48.2 Å². The quantitative estimate of drug-likeness (QED) is 0.591. The fraction of sp³-hybridized carbons (Fsp3) is 0.818. The molecule has 1 fully saturated rings. The molecular formula is C11H19N3O2. The van der Waals surface area contributed by atoms with E-state index in [1.54, 1.807) is 0 Å². The summed E-state index contributed by atoms with van der Waals surface area (Å²) in [6, 6.07) is 2.43. The van der Waals surface area contributed by atoms with Crippen molar-refractivity contribution in [3.63, 3.8) is 0 Å². The van der Waals surface area contributed by atoms with Crippen molar-refractivity contribution in [3.05, 3.63) is 0 Å². The van der Waals surface area contributed by atoms with Crippen LogP contribution in [0.3, 0.4) is 0 Å². The molecule has 5 nitrogen and oxygen atoms in total. The number of aliphatic hydroxyl groups is 1. The number of nitriles is 1.